The Labute approximate surface area is 154 Å². The predicted molar refractivity (Wildman–Crippen MR) is 95.9 cm³/mol. The Balaban J connectivity index is 1.89. The topological polar surface area (TPSA) is 56.1 Å². The van der Waals surface area contributed by atoms with E-state index < -0.39 is 17.6 Å². The van der Waals surface area contributed by atoms with E-state index in [1.54, 1.807) is 11.0 Å². The molecular weight excluding hydrogens is 355 g/mol. The molecule has 2 aromatic carbocycles. The molecule has 0 radical (unpaired) electrons. The molecule has 27 heavy (non-hydrogen) atoms. The number of benzene rings is 2. The Morgan fingerprint density at radius 2 is 1.89 bits per heavy atom. The number of nitrogens with zero attached hydrogens (tertiary/aromatic N) is 2. The van der Waals surface area contributed by atoms with Gasteiger partial charge in [0.1, 0.15) is 11.6 Å². The zero-order valence-corrected chi connectivity index (χ0v) is 14.4. The predicted octanol–water partition coefficient (Wildman–Crippen LogP) is 4.50. The number of halogens is 3. The van der Waals surface area contributed by atoms with Gasteiger partial charge in [0.25, 0.3) is 5.91 Å². The summed E-state index contributed by atoms with van der Waals surface area (Å²) in [6, 6.07) is 14.1. The monoisotopic (exact) mass is 371 g/mol. The number of nitriles is 1. The zero-order chi connectivity index (χ0) is 19.6. The number of nitrogens with one attached hydrogen (secondary N) is 1. The highest BCUT2D eigenvalue weighted by atomic mass is 19.4. The van der Waals surface area contributed by atoms with E-state index in [0.29, 0.717) is 0 Å². The Morgan fingerprint density at radius 1 is 1.22 bits per heavy atom. The molecule has 2 aromatic rings. The first-order chi connectivity index (χ1) is 12.8. The highest BCUT2D eigenvalue weighted by Crippen LogP contribution is 2.35. The Kier molecular flexibility index (Phi) is 4.91. The zero-order valence-electron chi connectivity index (χ0n) is 14.4. The van der Waals surface area contributed by atoms with Gasteiger partial charge >= 0.3 is 6.18 Å². The molecule has 0 spiro atoms. The molecule has 0 saturated heterocycles. The molecule has 0 bridgehead atoms. The van der Waals surface area contributed by atoms with Crippen LogP contribution in [-0.4, -0.2) is 11.9 Å². The minimum Gasteiger partial charge on any atom is -0.343 e. The molecule has 1 heterocycles. The van der Waals surface area contributed by atoms with Crippen molar-refractivity contribution < 1.29 is 18.0 Å². The van der Waals surface area contributed by atoms with Crippen LogP contribution in [0.5, 0.6) is 0 Å². The molecule has 1 N–H and O–H groups in total. The highest BCUT2D eigenvalue weighted by Gasteiger charge is 2.34. The second-order valence-corrected chi connectivity index (χ2v) is 6.24. The summed E-state index contributed by atoms with van der Waals surface area (Å²) in [6.45, 7) is 1.95. The number of amides is 1. The normalized spacial score (nSPS) is 16.6. The molecule has 3 rings (SSSR count). The number of hydrogen-bond acceptors (Lipinski definition) is 3. The van der Waals surface area contributed by atoms with E-state index >= 15 is 0 Å². The molecule has 0 fully saturated rings. The van der Waals surface area contributed by atoms with Crippen molar-refractivity contribution in [1.82, 2.24) is 0 Å². The van der Waals surface area contributed by atoms with Crippen LogP contribution in [0.15, 0.2) is 60.3 Å². The summed E-state index contributed by atoms with van der Waals surface area (Å²) < 4.78 is 39.3. The summed E-state index contributed by atoms with van der Waals surface area (Å²) in [5, 5.41) is 11.6. The minimum atomic E-state index is -4.61. The smallest absolute Gasteiger partial charge is 0.343 e. The number of hydrogen-bond donors (Lipinski definition) is 1. The van der Waals surface area contributed by atoms with Crippen LogP contribution in [0.4, 0.5) is 24.5 Å². The van der Waals surface area contributed by atoms with Crippen molar-refractivity contribution in [1.29, 1.82) is 5.26 Å². The molecule has 1 atom stereocenters. The second kappa shape index (κ2) is 7.16. The summed E-state index contributed by atoms with van der Waals surface area (Å²) in [7, 11) is 0. The maximum absolute atomic E-state index is 13.1. The van der Waals surface area contributed by atoms with E-state index in [1.807, 2.05) is 31.2 Å². The molecule has 1 amide bonds. The summed E-state index contributed by atoms with van der Waals surface area (Å²) in [4.78, 5) is 14.2. The van der Waals surface area contributed by atoms with Gasteiger partial charge in [-0.05, 0) is 37.1 Å². The van der Waals surface area contributed by atoms with Crippen LogP contribution in [0.2, 0.25) is 0 Å². The van der Waals surface area contributed by atoms with Crippen molar-refractivity contribution in [2.24, 2.45) is 0 Å². The molecule has 1 aliphatic rings. The number of fused-ring (bicyclic) bond motifs is 1. The van der Waals surface area contributed by atoms with E-state index in [0.717, 1.165) is 29.8 Å². The van der Waals surface area contributed by atoms with Gasteiger partial charge in [-0.2, -0.15) is 18.4 Å². The first-order valence-corrected chi connectivity index (χ1v) is 8.27. The Bertz CT molecular complexity index is 944. The Hall–Kier alpha value is -3.27. The van der Waals surface area contributed by atoms with E-state index in [-0.39, 0.29) is 17.3 Å². The molecule has 138 valence electrons. The minimum absolute atomic E-state index is 0.0287. The van der Waals surface area contributed by atoms with Crippen LogP contribution in [0.1, 0.15) is 18.1 Å². The summed E-state index contributed by atoms with van der Waals surface area (Å²) in [6.07, 6.45) is -2.46. The van der Waals surface area contributed by atoms with Gasteiger partial charge in [0, 0.05) is 17.9 Å². The van der Waals surface area contributed by atoms with Gasteiger partial charge in [-0.3, -0.25) is 4.79 Å². The molecule has 0 aromatic heterocycles. The number of para-hydroxylation sites is 2. The first-order valence-electron chi connectivity index (χ1n) is 8.27. The quantitative estimate of drug-likeness (QED) is 0.638. The molecular formula is C20H16F3N3O. The van der Waals surface area contributed by atoms with Gasteiger partial charge in [-0.25, -0.2) is 0 Å². The van der Waals surface area contributed by atoms with Crippen LogP contribution in [0, 0.1) is 11.3 Å². The fraction of sp³-hybridized carbons (Fsp3) is 0.200. The fourth-order valence-corrected chi connectivity index (χ4v) is 3.09. The Morgan fingerprint density at radius 3 is 2.59 bits per heavy atom. The van der Waals surface area contributed by atoms with E-state index in [9.17, 15) is 23.2 Å². The lowest BCUT2D eigenvalue weighted by molar-refractivity contribution is -0.137. The fourth-order valence-electron chi connectivity index (χ4n) is 3.09. The van der Waals surface area contributed by atoms with Crippen molar-refractivity contribution in [3.63, 3.8) is 0 Å². The molecule has 0 aliphatic carbocycles. The molecule has 7 heteroatoms. The first kappa shape index (κ1) is 18.5. The van der Waals surface area contributed by atoms with Gasteiger partial charge in [0.2, 0.25) is 0 Å². The van der Waals surface area contributed by atoms with Crippen LogP contribution in [0.3, 0.4) is 0 Å². The maximum atomic E-state index is 13.1. The lowest BCUT2D eigenvalue weighted by Crippen LogP contribution is -2.26. The largest absolute Gasteiger partial charge is 0.418 e. The average molecular weight is 371 g/mol. The summed E-state index contributed by atoms with van der Waals surface area (Å²) in [5.74, 6) is -0.884. The van der Waals surface area contributed by atoms with Gasteiger partial charge in [-0.1, -0.05) is 30.3 Å². The second-order valence-electron chi connectivity index (χ2n) is 6.24. The van der Waals surface area contributed by atoms with Crippen LogP contribution < -0.4 is 10.2 Å². The lowest BCUT2D eigenvalue weighted by atomic mass is 10.1. The summed E-state index contributed by atoms with van der Waals surface area (Å²) >= 11 is 0. The molecule has 1 aliphatic heterocycles. The number of rotatable bonds is 3. The van der Waals surface area contributed by atoms with Gasteiger partial charge in [-0.15, -0.1) is 0 Å². The van der Waals surface area contributed by atoms with E-state index in [2.05, 4.69) is 5.32 Å². The lowest BCUT2D eigenvalue weighted by Gasteiger charge is -2.21. The van der Waals surface area contributed by atoms with Crippen molar-refractivity contribution in [3.05, 3.63) is 71.4 Å². The van der Waals surface area contributed by atoms with Crippen LogP contribution in [-0.2, 0) is 17.4 Å². The van der Waals surface area contributed by atoms with Gasteiger partial charge in [0.15, 0.2) is 0 Å². The maximum Gasteiger partial charge on any atom is 0.418 e. The summed E-state index contributed by atoms with van der Waals surface area (Å²) in [5.41, 5.74) is 0.347. The molecule has 0 saturated carbocycles. The van der Waals surface area contributed by atoms with E-state index in [4.69, 9.17) is 0 Å². The van der Waals surface area contributed by atoms with E-state index in [1.165, 1.54) is 18.3 Å². The SMILES string of the molecule is CC1Cc2ccccc2N1/C=C(/C#N)C(=O)Nc1ccccc1C(F)(F)F. The van der Waals surface area contributed by atoms with Crippen molar-refractivity contribution in [2.45, 2.75) is 25.6 Å². The third-order valence-electron chi connectivity index (χ3n) is 4.37. The molecule has 4 nitrogen and oxygen atoms in total. The van der Waals surface area contributed by atoms with Crippen molar-refractivity contribution in [2.75, 3.05) is 10.2 Å². The highest BCUT2D eigenvalue weighted by molar-refractivity contribution is 6.07. The van der Waals surface area contributed by atoms with Crippen LogP contribution >= 0.6 is 0 Å². The number of alkyl halides is 3. The number of carbonyl (C=O) groups is 1. The van der Waals surface area contributed by atoms with Gasteiger partial charge < -0.3 is 10.2 Å². The third kappa shape index (κ3) is 3.80. The molecule has 1 unspecified atom stereocenters. The van der Waals surface area contributed by atoms with Gasteiger partial charge in [0.05, 0.1) is 11.3 Å². The van der Waals surface area contributed by atoms with Crippen molar-refractivity contribution in [3.8, 4) is 6.07 Å². The third-order valence-corrected chi connectivity index (χ3v) is 4.37. The average Bonchev–Trinajstić information content (AvgIpc) is 2.94. The number of carbonyl (C=O) groups excluding carboxylic acids is 1. The van der Waals surface area contributed by atoms with Crippen molar-refractivity contribution >= 4 is 17.3 Å². The van der Waals surface area contributed by atoms with Crippen LogP contribution in [0.25, 0.3) is 0 Å². The standard InChI is InChI=1S/C20H16F3N3O/c1-13-10-14-6-2-5-9-18(14)26(13)12-15(11-24)19(27)25-17-8-4-3-7-16(17)20(21,22)23/h2-9,12-13H,10H2,1H3,(H,25,27)/b15-12-. The number of anilines is 2.